The van der Waals surface area contributed by atoms with Crippen LogP contribution in [0.25, 0.3) is 0 Å². The SMILES string of the molecule is CCC(Cc1ccccc1)N(CC)CCCO. The van der Waals surface area contributed by atoms with Crippen molar-refractivity contribution in [2.45, 2.75) is 39.2 Å². The van der Waals surface area contributed by atoms with Crippen LogP contribution in [-0.4, -0.2) is 35.7 Å². The first-order valence-corrected chi connectivity index (χ1v) is 6.70. The summed E-state index contributed by atoms with van der Waals surface area (Å²) in [4.78, 5) is 2.48. The molecule has 0 spiro atoms. The van der Waals surface area contributed by atoms with E-state index < -0.39 is 0 Å². The number of nitrogens with zero attached hydrogens (tertiary/aromatic N) is 1. The molecule has 1 unspecified atom stereocenters. The Kier molecular flexibility index (Phi) is 6.90. The van der Waals surface area contributed by atoms with Gasteiger partial charge in [0.15, 0.2) is 0 Å². The normalized spacial score (nSPS) is 12.9. The highest BCUT2D eigenvalue weighted by Crippen LogP contribution is 2.12. The van der Waals surface area contributed by atoms with Gasteiger partial charge in [-0.05, 0) is 31.4 Å². The molecule has 0 aliphatic rings. The van der Waals surface area contributed by atoms with Crippen molar-refractivity contribution in [2.24, 2.45) is 0 Å². The zero-order valence-corrected chi connectivity index (χ0v) is 11.1. The Morgan fingerprint density at radius 2 is 1.88 bits per heavy atom. The van der Waals surface area contributed by atoms with Gasteiger partial charge in [-0.3, -0.25) is 0 Å². The van der Waals surface area contributed by atoms with E-state index in [1.165, 1.54) is 5.56 Å². The fourth-order valence-corrected chi connectivity index (χ4v) is 2.29. The first-order chi connectivity index (χ1) is 8.31. The summed E-state index contributed by atoms with van der Waals surface area (Å²) in [6, 6.07) is 11.3. The van der Waals surface area contributed by atoms with Gasteiger partial charge < -0.3 is 10.0 Å². The molecule has 0 aliphatic carbocycles. The van der Waals surface area contributed by atoms with E-state index in [4.69, 9.17) is 5.11 Å². The average molecular weight is 235 g/mol. The Morgan fingerprint density at radius 3 is 2.41 bits per heavy atom. The Bertz CT molecular complexity index is 286. The van der Waals surface area contributed by atoms with E-state index in [9.17, 15) is 0 Å². The lowest BCUT2D eigenvalue weighted by Gasteiger charge is -2.30. The second-order valence-electron chi connectivity index (χ2n) is 4.46. The minimum Gasteiger partial charge on any atom is -0.396 e. The van der Waals surface area contributed by atoms with Crippen LogP contribution in [0, 0.1) is 0 Å². The predicted molar refractivity (Wildman–Crippen MR) is 73.2 cm³/mol. The van der Waals surface area contributed by atoms with Crippen LogP contribution in [0.2, 0.25) is 0 Å². The number of rotatable bonds is 8. The number of aliphatic hydroxyl groups excluding tert-OH is 1. The third kappa shape index (κ3) is 4.88. The molecule has 1 atom stereocenters. The molecule has 96 valence electrons. The van der Waals surface area contributed by atoms with Crippen molar-refractivity contribution in [3.8, 4) is 0 Å². The van der Waals surface area contributed by atoms with Gasteiger partial charge in [0.05, 0.1) is 0 Å². The Morgan fingerprint density at radius 1 is 1.18 bits per heavy atom. The molecule has 0 radical (unpaired) electrons. The predicted octanol–water partition coefficient (Wildman–Crippen LogP) is 2.71. The lowest BCUT2D eigenvalue weighted by atomic mass is 10.0. The van der Waals surface area contributed by atoms with Crippen molar-refractivity contribution in [3.63, 3.8) is 0 Å². The summed E-state index contributed by atoms with van der Waals surface area (Å²) in [6.07, 6.45) is 3.14. The molecule has 0 aromatic heterocycles. The lowest BCUT2D eigenvalue weighted by Crippen LogP contribution is -2.37. The summed E-state index contributed by atoms with van der Waals surface area (Å²) in [7, 11) is 0. The van der Waals surface area contributed by atoms with Gasteiger partial charge in [0.2, 0.25) is 0 Å². The van der Waals surface area contributed by atoms with E-state index in [2.05, 4.69) is 49.1 Å². The van der Waals surface area contributed by atoms with Gasteiger partial charge in [0.1, 0.15) is 0 Å². The first-order valence-electron chi connectivity index (χ1n) is 6.70. The van der Waals surface area contributed by atoms with Crippen LogP contribution in [0.15, 0.2) is 30.3 Å². The Labute approximate surface area is 105 Å². The van der Waals surface area contributed by atoms with E-state index in [0.29, 0.717) is 6.04 Å². The highest BCUT2D eigenvalue weighted by Gasteiger charge is 2.14. The van der Waals surface area contributed by atoms with E-state index in [1.807, 2.05) is 0 Å². The van der Waals surface area contributed by atoms with E-state index >= 15 is 0 Å². The summed E-state index contributed by atoms with van der Waals surface area (Å²) in [5.74, 6) is 0. The summed E-state index contributed by atoms with van der Waals surface area (Å²) in [5, 5.41) is 8.93. The molecule has 0 saturated heterocycles. The molecular weight excluding hydrogens is 210 g/mol. The second kappa shape index (κ2) is 8.26. The second-order valence-corrected chi connectivity index (χ2v) is 4.46. The third-order valence-electron chi connectivity index (χ3n) is 3.31. The maximum absolute atomic E-state index is 8.93. The zero-order chi connectivity index (χ0) is 12.5. The van der Waals surface area contributed by atoms with E-state index in [-0.39, 0.29) is 6.61 Å². The topological polar surface area (TPSA) is 23.5 Å². The molecule has 0 heterocycles. The smallest absolute Gasteiger partial charge is 0.0443 e. The maximum atomic E-state index is 8.93. The van der Waals surface area contributed by atoms with Crippen molar-refractivity contribution in [1.82, 2.24) is 4.90 Å². The monoisotopic (exact) mass is 235 g/mol. The summed E-state index contributed by atoms with van der Waals surface area (Å²) in [5.41, 5.74) is 1.40. The van der Waals surface area contributed by atoms with Crippen molar-refractivity contribution in [1.29, 1.82) is 0 Å². The standard InChI is InChI=1S/C15H25NO/c1-3-15(16(4-2)11-8-12-17)13-14-9-6-5-7-10-14/h5-7,9-10,15,17H,3-4,8,11-13H2,1-2H3. The zero-order valence-electron chi connectivity index (χ0n) is 11.1. The fourth-order valence-electron chi connectivity index (χ4n) is 2.29. The lowest BCUT2D eigenvalue weighted by molar-refractivity contribution is 0.176. The van der Waals surface area contributed by atoms with Crippen LogP contribution < -0.4 is 0 Å². The number of benzene rings is 1. The molecule has 2 nitrogen and oxygen atoms in total. The summed E-state index contributed by atoms with van der Waals surface area (Å²) < 4.78 is 0. The van der Waals surface area contributed by atoms with Crippen molar-refractivity contribution in [2.75, 3.05) is 19.7 Å². The van der Waals surface area contributed by atoms with Crippen LogP contribution in [0.3, 0.4) is 0 Å². The Hall–Kier alpha value is -0.860. The van der Waals surface area contributed by atoms with Gasteiger partial charge in [-0.1, -0.05) is 44.2 Å². The molecule has 0 fully saturated rings. The van der Waals surface area contributed by atoms with Crippen molar-refractivity contribution < 1.29 is 5.11 Å². The molecule has 0 aliphatic heterocycles. The molecule has 1 aromatic rings. The quantitative estimate of drug-likeness (QED) is 0.749. The summed E-state index contributed by atoms with van der Waals surface area (Å²) in [6.45, 7) is 6.79. The van der Waals surface area contributed by atoms with Crippen LogP contribution in [-0.2, 0) is 6.42 Å². The van der Waals surface area contributed by atoms with Crippen molar-refractivity contribution >= 4 is 0 Å². The first kappa shape index (κ1) is 14.2. The number of likely N-dealkylation sites (N-methyl/N-ethyl adjacent to an activating group) is 1. The highest BCUT2D eigenvalue weighted by molar-refractivity contribution is 5.15. The molecule has 1 N–H and O–H groups in total. The highest BCUT2D eigenvalue weighted by atomic mass is 16.3. The Balaban J connectivity index is 2.56. The number of hydrogen-bond acceptors (Lipinski definition) is 2. The molecule has 0 saturated carbocycles. The largest absolute Gasteiger partial charge is 0.396 e. The molecule has 0 bridgehead atoms. The van der Waals surface area contributed by atoms with Crippen LogP contribution >= 0.6 is 0 Å². The van der Waals surface area contributed by atoms with Crippen LogP contribution in [0.5, 0.6) is 0 Å². The van der Waals surface area contributed by atoms with E-state index in [1.54, 1.807) is 0 Å². The van der Waals surface area contributed by atoms with Gasteiger partial charge in [0, 0.05) is 19.2 Å². The molecule has 0 amide bonds. The molecule has 1 rings (SSSR count). The van der Waals surface area contributed by atoms with Gasteiger partial charge >= 0.3 is 0 Å². The minimum atomic E-state index is 0.290. The molecule has 1 aromatic carbocycles. The number of hydrogen-bond donors (Lipinski definition) is 1. The van der Waals surface area contributed by atoms with Crippen LogP contribution in [0.1, 0.15) is 32.3 Å². The fraction of sp³-hybridized carbons (Fsp3) is 0.600. The van der Waals surface area contributed by atoms with Gasteiger partial charge in [-0.25, -0.2) is 0 Å². The summed E-state index contributed by atoms with van der Waals surface area (Å²) >= 11 is 0. The van der Waals surface area contributed by atoms with Gasteiger partial charge in [0.25, 0.3) is 0 Å². The van der Waals surface area contributed by atoms with Crippen molar-refractivity contribution in [3.05, 3.63) is 35.9 Å². The molecule has 2 heteroatoms. The van der Waals surface area contributed by atoms with E-state index in [0.717, 1.165) is 32.4 Å². The van der Waals surface area contributed by atoms with Gasteiger partial charge in [-0.15, -0.1) is 0 Å². The third-order valence-corrected chi connectivity index (χ3v) is 3.31. The average Bonchev–Trinajstić information content (AvgIpc) is 2.39. The minimum absolute atomic E-state index is 0.290. The molecular formula is C15H25NO. The molecule has 17 heavy (non-hydrogen) atoms. The maximum Gasteiger partial charge on any atom is 0.0443 e. The number of aliphatic hydroxyl groups is 1. The van der Waals surface area contributed by atoms with Gasteiger partial charge in [-0.2, -0.15) is 0 Å². The van der Waals surface area contributed by atoms with Crippen LogP contribution in [0.4, 0.5) is 0 Å².